The molecule has 28 heavy (non-hydrogen) atoms. The van der Waals surface area contributed by atoms with E-state index in [1.54, 1.807) is 30.3 Å². The SMILES string of the molecule is CCc1ccc(-c2ccc(-c3ccc4c(F)c(F)ccc4c3)c(F)c2)c(F)c1. The van der Waals surface area contributed by atoms with Gasteiger partial charge in [0.2, 0.25) is 0 Å². The number of rotatable bonds is 3. The fourth-order valence-corrected chi connectivity index (χ4v) is 3.36. The van der Waals surface area contributed by atoms with Crippen LogP contribution in [0.1, 0.15) is 12.5 Å². The van der Waals surface area contributed by atoms with Crippen LogP contribution in [0.3, 0.4) is 0 Å². The minimum absolute atomic E-state index is 0.138. The molecule has 4 heteroatoms. The number of aryl methyl sites for hydroxylation is 1. The second-order valence-corrected chi connectivity index (χ2v) is 6.66. The van der Waals surface area contributed by atoms with Crippen molar-refractivity contribution < 1.29 is 17.6 Å². The average molecular weight is 380 g/mol. The maximum Gasteiger partial charge on any atom is 0.166 e. The maximum atomic E-state index is 14.8. The second-order valence-electron chi connectivity index (χ2n) is 6.66. The van der Waals surface area contributed by atoms with Gasteiger partial charge in [0, 0.05) is 16.5 Å². The van der Waals surface area contributed by atoms with Gasteiger partial charge in [0.25, 0.3) is 0 Å². The molecule has 4 rings (SSSR count). The molecule has 0 unspecified atom stereocenters. The van der Waals surface area contributed by atoms with Crippen LogP contribution < -0.4 is 0 Å². The Morgan fingerprint density at radius 3 is 1.93 bits per heavy atom. The van der Waals surface area contributed by atoms with Crippen molar-refractivity contribution in [2.24, 2.45) is 0 Å². The van der Waals surface area contributed by atoms with Gasteiger partial charge in [0.1, 0.15) is 11.6 Å². The van der Waals surface area contributed by atoms with E-state index in [1.807, 2.05) is 13.0 Å². The van der Waals surface area contributed by atoms with Crippen LogP contribution in [-0.4, -0.2) is 0 Å². The second kappa shape index (κ2) is 7.12. The van der Waals surface area contributed by atoms with Crippen molar-refractivity contribution in [2.45, 2.75) is 13.3 Å². The van der Waals surface area contributed by atoms with Crippen molar-refractivity contribution in [3.8, 4) is 22.3 Å². The predicted molar refractivity (Wildman–Crippen MR) is 104 cm³/mol. The summed E-state index contributed by atoms with van der Waals surface area (Å²) in [6, 6.07) is 16.5. The molecule has 0 aliphatic heterocycles. The van der Waals surface area contributed by atoms with Gasteiger partial charge in [-0.15, -0.1) is 0 Å². The van der Waals surface area contributed by atoms with Gasteiger partial charge in [-0.25, -0.2) is 17.6 Å². The first-order valence-electron chi connectivity index (χ1n) is 8.94. The monoisotopic (exact) mass is 380 g/mol. The Hall–Kier alpha value is -3.14. The fraction of sp³-hybridized carbons (Fsp3) is 0.0833. The minimum atomic E-state index is -0.925. The van der Waals surface area contributed by atoms with E-state index in [2.05, 4.69) is 0 Å². The molecule has 0 bridgehead atoms. The van der Waals surface area contributed by atoms with Crippen molar-refractivity contribution in [1.29, 1.82) is 0 Å². The fourth-order valence-electron chi connectivity index (χ4n) is 3.36. The Kier molecular flexibility index (Phi) is 4.63. The summed E-state index contributed by atoms with van der Waals surface area (Å²) in [4.78, 5) is 0. The van der Waals surface area contributed by atoms with Gasteiger partial charge >= 0.3 is 0 Å². The summed E-state index contributed by atoms with van der Waals surface area (Å²) >= 11 is 0. The summed E-state index contributed by atoms with van der Waals surface area (Å²) in [6.07, 6.45) is 0.719. The first-order valence-corrected chi connectivity index (χ1v) is 8.94. The van der Waals surface area contributed by atoms with E-state index in [9.17, 15) is 17.6 Å². The standard InChI is InChI=1S/C24H16F4/c1-2-14-3-7-18(22(26)11-14)17-4-8-19(23(27)13-17)15-5-9-20-16(12-15)6-10-21(25)24(20)28/h3-13H,2H2,1H3. The molecule has 0 fully saturated rings. The maximum absolute atomic E-state index is 14.8. The Morgan fingerprint density at radius 2 is 1.25 bits per heavy atom. The lowest BCUT2D eigenvalue weighted by Crippen LogP contribution is -1.91. The molecular formula is C24H16F4. The van der Waals surface area contributed by atoms with Crippen LogP contribution in [-0.2, 0) is 6.42 Å². The summed E-state index contributed by atoms with van der Waals surface area (Å²) in [5.41, 5.74) is 2.48. The first kappa shape index (κ1) is 18.2. The van der Waals surface area contributed by atoms with E-state index < -0.39 is 23.3 Å². The van der Waals surface area contributed by atoms with Gasteiger partial charge in [0.05, 0.1) is 0 Å². The summed E-state index contributed by atoms with van der Waals surface area (Å²) in [5, 5.41) is 0.611. The topological polar surface area (TPSA) is 0 Å². The molecule has 0 aromatic heterocycles. The lowest BCUT2D eigenvalue weighted by atomic mass is 9.96. The highest BCUT2D eigenvalue weighted by Crippen LogP contribution is 2.32. The van der Waals surface area contributed by atoms with E-state index in [4.69, 9.17) is 0 Å². The van der Waals surface area contributed by atoms with Crippen molar-refractivity contribution >= 4 is 10.8 Å². The van der Waals surface area contributed by atoms with Crippen molar-refractivity contribution in [1.82, 2.24) is 0 Å². The van der Waals surface area contributed by atoms with Crippen molar-refractivity contribution in [3.05, 3.63) is 95.6 Å². The molecule has 0 heterocycles. The zero-order valence-corrected chi connectivity index (χ0v) is 15.1. The highest BCUT2D eigenvalue weighted by molar-refractivity contribution is 5.88. The van der Waals surface area contributed by atoms with Crippen LogP contribution in [0, 0.1) is 23.3 Å². The average Bonchev–Trinajstić information content (AvgIpc) is 2.70. The smallest absolute Gasteiger partial charge is 0.166 e. The van der Waals surface area contributed by atoms with Crippen LogP contribution in [0.15, 0.2) is 66.7 Å². The van der Waals surface area contributed by atoms with Crippen LogP contribution in [0.25, 0.3) is 33.0 Å². The Bertz CT molecular complexity index is 1190. The van der Waals surface area contributed by atoms with E-state index in [0.717, 1.165) is 18.1 Å². The Morgan fingerprint density at radius 1 is 0.607 bits per heavy atom. The predicted octanol–water partition coefficient (Wildman–Crippen LogP) is 7.29. The molecule has 0 radical (unpaired) electrons. The highest BCUT2D eigenvalue weighted by Gasteiger charge is 2.13. The third-order valence-electron chi connectivity index (χ3n) is 4.94. The lowest BCUT2D eigenvalue weighted by molar-refractivity contribution is 0.517. The normalized spacial score (nSPS) is 11.2. The van der Waals surface area contributed by atoms with Gasteiger partial charge in [-0.2, -0.15) is 0 Å². The van der Waals surface area contributed by atoms with Gasteiger partial charge < -0.3 is 0 Å². The molecule has 0 atom stereocenters. The molecule has 0 saturated carbocycles. The molecule has 4 aromatic carbocycles. The molecule has 0 amide bonds. The van der Waals surface area contributed by atoms with Crippen molar-refractivity contribution in [2.75, 3.05) is 0 Å². The quantitative estimate of drug-likeness (QED) is 0.327. The molecule has 140 valence electrons. The van der Waals surface area contributed by atoms with Gasteiger partial charge in [-0.05, 0) is 52.8 Å². The number of benzene rings is 4. The van der Waals surface area contributed by atoms with E-state index in [1.165, 1.54) is 24.3 Å². The van der Waals surface area contributed by atoms with Crippen molar-refractivity contribution in [3.63, 3.8) is 0 Å². The summed E-state index contributed by atoms with van der Waals surface area (Å²) in [7, 11) is 0. The van der Waals surface area contributed by atoms with Crippen LogP contribution in [0.5, 0.6) is 0 Å². The van der Waals surface area contributed by atoms with Gasteiger partial charge in [0.15, 0.2) is 11.6 Å². The molecular weight excluding hydrogens is 364 g/mol. The van der Waals surface area contributed by atoms with E-state index in [-0.39, 0.29) is 5.39 Å². The summed E-state index contributed by atoms with van der Waals surface area (Å²) in [6.45, 7) is 1.94. The summed E-state index contributed by atoms with van der Waals surface area (Å²) in [5.74, 6) is -2.76. The molecule has 4 aromatic rings. The third kappa shape index (κ3) is 3.15. The number of halogens is 4. The van der Waals surface area contributed by atoms with Crippen LogP contribution in [0.2, 0.25) is 0 Å². The zero-order valence-electron chi connectivity index (χ0n) is 15.1. The summed E-state index contributed by atoms with van der Waals surface area (Å²) < 4.78 is 56.3. The third-order valence-corrected chi connectivity index (χ3v) is 4.94. The number of hydrogen-bond acceptors (Lipinski definition) is 0. The van der Waals surface area contributed by atoms with Crippen LogP contribution in [0.4, 0.5) is 17.6 Å². The van der Waals surface area contributed by atoms with Gasteiger partial charge in [-0.3, -0.25) is 0 Å². The Balaban J connectivity index is 1.76. The number of hydrogen-bond donors (Lipinski definition) is 0. The van der Waals surface area contributed by atoms with Crippen LogP contribution >= 0.6 is 0 Å². The van der Waals surface area contributed by atoms with E-state index >= 15 is 0 Å². The minimum Gasteiger partial charge on any atom is -0.206 e. The lowest BCUT2D eigenvalue weighted by Gasteiger charge is -2.10. The first-order chi connectivity index (χ1) is 13.5. The van der Waals surface area contributed by atoms with Gasteiger partial charge in [-0.1, -0.05) is 49.4 Å². The molecule has 0 aliphatic carbocycles. The highest BCUT2D eigenvalue weighted by atomic mass is 19.2. The Labute approximate surface area is 160 Å². The molecule has 0 N–H and O–H groups in total. The molecule has 0 saturated heterocycles. The zero-order chi connectivity index (χ0) is 19.8. The van der Waals surface area contributed by atoms with E-state index in [0.29, 0.717) is 27.6 Å². The molecule has 0 aliphatic rings. The molecule has 0 spiro atoms. The number of fused-ring (bicyclic) bond motifs is 1. The molecule has 0 nitrogen and oxygen atoms in total. The largest absolute Gasteiger partial charge is 0.206 e.